The highest BCUT2D eigenvalue weighted by molar-refractivity contribution is 5.97. The van der Waals surface area contributed by atoms with Crippen molar-refractivity contribution in [3.8, 4) is 0 Å². The number of methoxy groups -OCH3 is 2. The van der Waals surface area contributed by atoms with Crippen LogP contribution in [0.5, 0.6) is 0 Å². The molecule has 0 saturated carbocycles. The number of hydrogen-bond donors (Lipinski definition) is 1. The van der Waals surface area contributed by atoms with Crippen molar-refractivity contribution in [1.29, 1.82) is 0 Å². The fourth-order valence-corrected chi connectivity index (χ4v) is 3.55. The van der Waals surface area contributed by atoms with Crippen LogP contribution in [-0.4, -0.2) is 56.3 Å². The molecule has 0 radical (unpaired) electrons. The Labute approximate surface area is 169 Å². The number of hydrogen-bond acceptors (Lipinski definition) is 9. The molecule has 2 aromatic rings. The van der Waals surface area contributed by atoms with Gasteiger partial charge in [-0.2, -0.15) is 0 Å². The van der Waals surface area contributed by atoms with Gasteiger partial charge in [-0.25, -0.2) is 14.8 Å². The van der Waals surface area contributed by atoms with E-state index in [2.05, 4.69) is 9.97 Å². The summed E-state index contributed by atoms with van der Waals surface area (Å²) >= 11 is 0. The molecule has 29 heavy (non-hydrogen) atoms. The Bertz CT molecular complexity index is 896. The number of nitrogens with two attached hydrogens (primary N) is 1. The summed E-state index contributed by atoms with van der Waals surface area (Å²) in [6.07, 6.45) is 2.80. The molecule has 154 valence electrons. The number of piperidine rings is 1. The summed E-state index contributed by atoms with van der Waals surface area (Å²) in [7, 11) is 4.54. The summed E-state index contributed by atoms with van der Waals surface area (Å²) in [4.78, 5) is 36.3. The van der Waals surface area contributed by atoms with E-state index >= 15 is 0 Å². The van der Waals surface area contributed by atoms with Crippen LogP contribution >= 0.6 is 0 Å². The summed E-state index contributed by atoms with van der Waals surface area (Å²) in [5.41, 5.74) is 7.86. The average molecular weight is 399 g/mol. The van der Waals surface area contributed by atoms with E-state index in [1.165, 1.54) is 20.5 Å². The lowest BCUT2D eigenvalue weighted by molar-refractivity contribution is -0.146. The molecule has 9 heteroatoms. The van der Waals surface area contributed by atoms with E-state index in [9.17, 15) is 9.59 Å². The largest absolute Gasteiger partial charge is 0.469 e. The lowest BCUT2D eigenvalue weighted by Crippen LogP contribution is -2.37. The van der Waals surface area contributed by atoms with Crippen LogP contribution in [0.2, 0.25) is 0 Å². The molecule has 9 nitrogen and oxygen atoms in total. The third-order valence-electron chi connectivity index (χ3n) is 5.16. The van der Waals surface area contributed by atoms with Crippen LogP contribution < -0.4 is 15.5 Å². The van der Waals surface area contributed by atoms with E-state index in [4.69, 9.17) is 15.2 Å². The zero-order chi connectivity index (χ0) is 21.0. The fourth-order valence-electron chi connectivity index (χ4n) is 3.55. The number of benzene rings is 1. The van der Waals surface area contributed by atoms with Gasteiger partial charge in [0.25, 0.3) is 0 Å². The summed E-state index contributed by atoms with van der Waals surface area (Å²) in [5.74, 6) is 0.376. The van der Waals surface area contributed by atoms with Crippen molar-refractivity contribution in [2.75, 3.05) is 49.9 Å². The number of para-hydroxylation sites is 1. The molecule has 0 bridgehead atoms. The highest BCUT2D eigenvalue weighted by atomic mass is 16.5. The van der Waals surface area contributed by atoms with Gasteiger partial charge in [-0.05, 0) is 25.0 Å². The van der Waals surface area contributed by atoms with Gasteiger partial charge in [0, 0.05) is 20.1 Å². The Hall–Kier alpha value is -3.36. The van der Waals surface area contributed by atoms with Gasteiger partial charge in [0.2, 0.25) is 0 Å². The molecular formula is C20H25N5O4. The number of carbonyl (C=O) groups is 2. The van der Waals surface area contributed by atoms with E-state index < -0.39 is 5.97 Å². The standard InChI is InChI=1S/C20H25N5O4/c1-24(15-7-5-4-6-14(15)20(27)29-3)17-16(21)18(23-12-22-17)25-10-8-13(9-11-25)19(26)28-2/h4-7,12-13H,8-11,21H2,1-3H3. The van der Waals surface area contributed by atoms with Gasteiger partial charge in [-0.15, -0.1) is 0 Å². The number of esters is 2. The molecule has 1 saturated heterocycles. The van der Waals surface area contributed by atoms with Crippen LogP contribution in [0, 0.1) is 5.92 Å². The van der Waals surface area contributed by atoms with Gasteiger partial charge in [0.1, 0.15) is 12.0 Å². The molecule has 3 rings (SSSR count). The Kier molecular flexibility index (Phi) is 6.16. The predicted molar refractivity (Wildman–Crippen MR) is 109 cm³/mol. The Morgan fingerprint density at radius 1 is 1.14 bits per heavy atom. The molecule has 1 aliphatic rings. The maximum Gasteiger partial charge on any atom is 0.339 e. The number of ether oxygens (including phenoxy) is 2. The van der Waals surface area contributed by atoms with Crippen molar-refractivity contribution in [1.82, 2.24) is 9.97 Å². The van der Waals surface area contributed by atoms with E-state index in [0.717, 1.165) is 0 Å². The fraction of sp³-hybridized carbons (Fsp3) is 0.400. The summed E-state index contributed by atoms with van der Waals surface area (Å²) in [6, 6.07) is 7.08. The highest BCUT2D eigenvalue weighted by Gasteiger charge is 2.28. The zero-order valence-corrected chi connectivity index (χ0v) is 16.8. The first kappa shape index (κ1) is 20.4. The quantitative estimate of drug-likeness (QED) is 0.755. The molecule has 1 aromatic carbocycles. The highest BCUT2D eigenvalue weighted by Crippen LogP contribution is 2.35. The lowest BCUT2D eigenvalue weighted by Gasteiger charge is -2.33. The molecule has 2 N–H and O–H groups in total. The normalized spacial score (nSPS) is 14.4. The van der Waals surface area contributed by atoms with Gasteiger partial charge in [0.15, 0.2) is 11.6 Å². The predicted octanol–water partition coefficient (Wildman–Crippen LogP) is 2.00. The average Bonchev–Trinajstić information content (AvgIpc) is 2.78. The van der Waals surface area contributed by atoms with Crippen molar-refractivity contribution < 1.29 is 19.1 Å². The van der Waals surface area contributed by atoms with Crippen LogP contribution in [0.3, 0.4) is 0 Å². The molecular weight excluding hydrogens is 374 g/mol. The molecule has 0 atom stereocenters. The molecule has 0 aliphatic carbocycles. The lowest BCUT2D eigenvalue weighted by atomic mass is 9.97. The second-order valence-corrected chi connectivity index (χ2v) is 6.79. The van der Waals surface area contributed by atoms with Crippen molar-refractivity contribution in [2.45, 2.75) is 12.8 Å². The first-order valence-electron chi connectivity index (χ1n) is 9.32. The molecule has 0 unspecified atom stereocenters. The first-order chi connectivity index (χ1) is 14.0. The van der Waals surface area contributed by atoms with Crippen LogP contribution in [0.1, 0.15) is 23.2 Å². The molecule has 1 aromatic heterocycles. The minimum absolute atomic E-state index is 0.103. The third kappa shape index (κ3) is 4.08. The van der Waals surface area contributed by atoms with Crippen LogP contribution in [0.4, 0.5) is 23.0 Å². The first-order valence-corrected chi connectivity index (χ1v) is 9.32. The summed E-state index contributed by atoms with van der Waals surface area (Å²) in [5, 5.41) is 0. The number of rotatable bonds is 5. The van der Waals surface area contributed by atoms with Crippen molar-refractivity contribution >= 4 is 34.9 Å². The van der Waals surface area contributed by atoms with Gasteiger partial charge in [0.05, 0.1) is 31.4 Å². The number of nitrogens with zero attached hydrogens (tertiary/aromatic N) is 4. The molecule has 0 amide bonds. The number of aromatic nitrogens is 2. The van der Waals surface area contributed by atoms with Gasteiger partial charge >= 0.3 is 11.9 Å². The Balaban J connectivity index is 1.87. The monoisotopic (exact) mass is 399 g/mol. The van der Waals surface area contributed by atoms with Crippen molar-refractivity contribution in [2.24, 2.45) is 5.92 Å². The Morgan fingerprint density at radius 2 is 1.83 bits per heavy atom. The second-order valence-electron chi connectivity index (χ2n) is 6.79. The molecule has 2 heterocycles. The number of nitrogen functional groups attached to an aromatic ring is 1. The number of anilines is 4. The van der Waals surface area contributed by atoms with E-state index in [1.54, 1.807) is 30.1 Å². The Morgan fingerprint density at radius 3 is 2.48 bits per heavy atom. The van der Waals surface area contributed by atoms with Crippen molar-refractivity contribution in [3.63, 3.8) is 0 Å². The van der Waals surface area contributed by atoms with Crippen molar-refractivity contribution in [3.05, 3.63) is 36.2 Å². The van der Waals surface area contributed by atoms with E-state index in [0.29, 0.717) is 54.5 Å². The van der Waals surface area contributed by atoms with Crippen LogP contribution in [0.15, 0.2) is 30.6 Å². The topological polar surface area (TPSA) is 111 Å². The second kappa shape index (κ2) is 8.76. The third-order valence-corrected chi connectivity index (χ3v) is 5.16. The minimum Gasteiger partial charge on any atom is -0.469 e. The van der Waals surface area contributed by atoms with Gasteiger partial charge < -0.3 is 25.0 Å². The van der Waals surface area contributed by atoms with Crippen LogP contribution in [0.25, 0.3) is 0 Å². The zero-order valence-electron chi connectivity index (χ0n) is 16.8. The molecule has 1 fully saturated rings. The minimum atomic E-state index is -0.440. The van der Waals surface area contributed by atoms with E-state index in [-0.39, 0.29) is 11.9 Å². The number of carbonyl (C=O) groups excluding carboxylic acids is 2. The maximum atomic E-state index is 12.1. The SMILES string of the molecule is COC(=O)c1ccccc1N(C)c1ncnc(N2CCC(C(=O)OC)CC2)c1N. The van der Waals surface area contributed by atoms with Gasteiger partial charge in [-0.3, -0.25) is 4.79 Å². The molecule has 1 aliphatic heterocycles. The van der Waals surface area contributed by atoms with Gasteiger partial charge in [-0.1, -0.05) is 12.1 Å². The smallest absolute Gasteiger partial charge is 0.339 e. The summed E-state index contributed by atoms with van der Waals surface area (Å²) < 4.78 is 9.72. The maximum absolute atomic E-state index is 12.1. The van der Waals surface area contributed by atoms with E-state index in [1.807, 2.05) is 11.0 Å². The molecule has 0 spiro atoms. The summed E-state index contributed by atoms with van der Waals surface area (Å²) in [6.45, 7) is 1.28. The van der Waals surface area contributed by atoms with Crippen LogP contribution in [-0.2, 0) is 14.3 Å².